The minimum absolute atomic E-state index is 0.122. The standard InChI is InChI=1S/C25H22BrClN2O3/c1-4-16-5-8-22-21(11-16)29-25(32-22)18-12-17(6-7-20(18)27)28-23(30)13-31-24-15(3)9-14(2)10-19(24)26/h5-12H,4,13H2,1-3H3,(H,28,30). The molecule has 4 rings (SSSR count). The number of oxazole rings is 1. The van der Waals surface area contributed by atoms with Gasteiger partial charge >= 0.3 is 0 Å². The first-order valence-electron chi connectivity index (χ1n) is 10.2. The van der Waals surface area contributed by atoms with Crippen molar-refractivity contribution in [1.29, 1.82) is 0 Å². The number of ether oxygens (including phenoxy) is 1. The summed E-state index contributed by atoms with van der Waals surface area (Å²) in [6.45, 7) is 5.92. The van der Waals surface area contributed by atoms with Gasteiger partial charge in [-0.05, 0) is 89.3 Å². The lowest BCUT2D eigenvalue weighted by Crippen LogP contribution is -2.20. The lowest BCUT2D eigenvalue weighted by Gasteiger charge is -2.12. The second-order valence-corrected chi connectivity index (χ2v) is 8.86. The molecule has 0 saturated carbocycles. The highest BCUT2D eigenvalue weighted by Crippen LogP contribution is 2.33. The summed E-state index contributed by atoms with van der Waals surface area (Å²) in [6, 6.07) is 15.1. The van der Waals surface area contributed by atoms with E-state index in [0.29, 0.717) is 33.5 Å². The summed E-state index contributed by atoms with van der Waals surface area (Å²) in [5.74, 6) is 0.778. The van der Waals surface area contributed by atoms with Crippen LogP contribution in [-0.4, -0.2) is 17.5 Å². The zero-order valence-electron chi connectivity index (χ0n) is 18.0. The van der Waals surface area contributed by atoms with Gasteiger partial charge in [-0.2, -0.15) is 0 Å². The largest absolute Gasteiger partial charge is 0.482 e. The number of benzene rings is 3. The first-order chi connectivity index (χ1) is 15.3. The van der Waals surface area contributed by atoms with Crippen LogP contribution >= 0.6 is 27.5 Å². The molecule has 0 atom stereocenters. The number of carbonyl (C=O) groups excluding carboxylic acids is 1. The Morgan fingerprint density at radius 2 is 1.97 bits per heavy atom. The Balaban J connectivity index is 1.51. The van der Waals surface area contributed by atoms with E-state index in [0.717, 1.165) is 27.5 Å². The highest BCUT2D eigenvalue weighted by atomic mass is 79.9. The molecule has 32 heavy (non-hydrogen) atoms. The van der Waals surface area contributed by atoms with Gasteiger partial charge in [-0.3, -0.25) is 4.79 Å². The number of carbonyl (C=O) groups is 1. The van der Waals surface area contributed by atoms with Crippen LogP contribution < -0.4 is 10.1 Å². The van der Waals surface area contributed by atoms with Crippen LogP contribution in [0.2, 0.25) is 5.02 Å². The fourth-order valence-electron chi connectivity index (χ4n) is 3.50. The smallest absolute Gasteiger partial charge is 0.262 e. The van der Waals surface area contributed by atoms with Crippen LogP contribution in [0.1, 0.15) is 23.6 Å². The lowest BCUT2D eigenvalue weighted by atomic mass is 10.1. The average Bonchev–Trinajstić information content (AvgIpc) is 3.17. The predicted molar refractivity (Wildman–Crippen MR) is 132 cm³/mol. The van der Waals surface area contributed by atoms with Gasteiger partial charge in [0.25, 0.3) is 5.91 Å². The van der Waals surface area contributed by atoms with Crippen molar-refractivity contribution in [3.05, 3.63) is 74.7 Å². The van der Waals surface area contributed by atoms with E-state index in [9.17, 15) is 4.79 Å². The summed E-state index contributed by atoms with van der Waals surface area (Å²) in [5, 5.41) is 3.33. The van der Waals surface area contributed by atoms with E-state index >= 15 is 0 Å². The molecule has 0 spiro atoms. The minimum Gasteiger partial charge on any atom is -0.482 e. The van der Waals surface area contributed by atoms with E-state index in [-0.39, 0.29) is 12.5 Å². The van der Waals surface area contributed by atoms with Gasteiger partial charge in [-0.1, -0.05) is 30.7 Å². The first-order valence-corrected chi connectivity index (χ1v) is 11.4. The fraction of sp³-hybridized carbons (Fsp3) is 0.200. The molecule has 0 radical (unpaired) electrons. The lowest BCUT2D eigenvalue weighted by molar-refractivity contribution is -0.118. The highest BCUT2D eigenvalue weighted by Gasteiger charge is 2.15. The van der Waals surface area contributed by atoms with Crippen molar-refractivity contribution in [3.8, 4) is 17.2 Å². The molecule has 1 amide bonds. The number of aryl methyl sites for hydroxylation is 3. The monoisotopic (exact) mass is 512 g/mol. The van der Waals surface area contributed by atoms with Gasteiger partial charge in [0.05, 0.1) is 15.1 Å². The van der Waals surface area contributed by atoms with Gasteiger partial charge in [0.15, 0.2) is 12.2 Å². The van der Waals surface area contributed by atoms with Crippen LogP contribution in [0.4, 0.5) is 5.69 Å². The number of hydrogen-bond donors (Lipinski definition) is 1. The number of nitrogens with zero attached hydrogens (tertiary/aromatic N) is 1. The Morgan fingerprint density at radius 1 is 1.16 bits per heavy atom. The third-order valence-electron chi connectivity index (χ3n) is 5.06. The summed E-state index contributed by atoms with van der Waals surface area (Å²) in [5.41, 5.74) is 5.91. The molecule has 0 fully saturated rings. The fourth-order valence-corrected chi connectivity index (χ4v) is 4.48. The van der Waals surface area contributed by atoms with Crippen molar-refractivity contribution in [2.45, 2.75) is 27.2 Å². The number of amides is 1. The minimum atomic E-state index is -0.282. The molecule has 0 aliphatic carbocycles. The maximum Gasteiger partial charge on any atom is 0.262 e. The third-order valence-corrected chi connectivity index (χ3v) is 5.98. The number of halogens is 2. The molecule has 5 nitrogen and oxygen atoms in total. The van der Waals surface area contributed by atoms with Gasteiger partial charge in [-0.25, -0.2) is 4.98 Å². The van der Waals surface area contributed by atoms with Crippen molar-refractivity contribution in [2.75, 3.05) is 11.9 Å². The topological polar surface area (TPSA) is 64.4 Å². The summed E-state index contributed by atoms with van der Waals surface area (Å²) < 4.78 is 12.5. The van der Waals surface area contributed by atoms with Gasteiger partial charge in [0.1, 0.15) is 11.3 Å². The van der Waals surface area contributed by atoms with Crippen molar-refractivity contribution in [2.24, 2.45) is 0 Å². The molecule has 0 unspecified atom stereocenters. The number of fused-ring (bicyclic) bond motifs is 1. The molecule has 0 saturated heterocycles. The molecular weight excluding hydrogens is 492 g/mol. The van der Waals surface area contributed by atoms with Crippen LogP contribution in [0.3, 0.4) is 0 Å². The predicted octanol–water partition coefficient (Wildman–Crippen LogP) is 7.11. The Bertz CT molecular complexity index is 1290. The molecule has 7 heteroatoms. The molecular formula is C25H22BrClN2O3. The van der Waals surface area contributed by atoms with Crippen LogP contribution in [0.5, 0.6) is 5.75 Å². The molecule has 0 aliphatic heterocycles. The summed E-state index contributed by atoms with van der Waals surface area (Å²) in [7, 11) is 0. The van der Waals surface area contributed by atoms with E-state index in [1.54, 1.807) is 18.2 Å². The molecule has 0 bridgehead atoms. The Morgan fingerprint density at radius 3 is 2.72 bits per heavy atom. The summed E-state index contributed by atoms with van der Waals surface area (Å²) in [6.07, 6.45) is 0.918. The number of aromatic nitrogens is 1. The van der Waals surface area contributed by atoms with Gasteiger partial charge < -0.3 is 14.5 Å². The van der Waals surface area contributed by atoms with Gasteiger partial charge in [-0.15, -0.1) is 0 Å². The van der Waals surface area contributed by atoms with Crippen molar-refractivity contribution in [1.82, 2.24) is 4.98 Å². The molecule has 3 aromatic carbocycles. The van der Waals surface area contributed by atoms with E-state index in [1.165, 1.54) is 5.56 Å². The molecule has 164 valence electrons. The van der Waals surface area contributed by atoms with E-state index < -0.39 is 0 Å². The normalized spacial score (nSPS) is 11.0. The highest BCUT2D eigenvalue weighted by molar-refractivity contribution is 9.10. The van der Waals surface area contributed by atoms with E-state index in [4.69, 9.17) is 20.8 Å². The Labute approximate surface area is 199 Å². The number of nitrogens with one attached hydrogen (secondary N) is 1. The zero-order valence-corrected chi connectivity index (χ0v) is 20.3. The quantitative estimate of drug-likeness (QED) is 0.298. The van der Waals surface area contributed by atoms with E-state index in [1.807, 2.05) is 44.2 Å². The maximum absolute atomic E-state index is 12.5. The van der Waals surface area contributed by atoms with Crippen LogP contribution in [-0.2, 0) is 11.2 Å². The van der Waals surface area contributed by atoms with Crippen LogP contribution in [0, 0.1) is 13.8 Å². The van der Waals surface area contributed by atoms with Crippen LogP contribution in [0.25, 0.3) is 22.6 Å². The molecule has 1 aromatic heterocycles. The third kappa shape index (κ3) is 4.81. The molecule has 1 heterocycles. The SMILES string of the molecule is CCc1ccc2oc(-c3cc(NC(=O)COc4c(C)cc(C)cc4Br)ccc3Cl)nc2c1. The number of hydrogen-bond acceptors (Lipinski definition) is 4. The van der Waals surface area contributed by atoms with Crippen molar-refractivity contribution in [3.63, 3.8) is 0 Å². The number of anilines is 1. The van der Waals surface area contributed by atoms with Crippen LogP contribution in [0.15, 0.2) is 57.4 Å². The molecule has 1 N–H and O–H groups in total. The first kappa shape index (κ1) is 22.4. The van der Waals surface area contributed by atoms with Gasteiger partial charge in [0, 0.05) is 5.69 Å². The summed E-state index contributed by atoms with van der Waals surface area (Å²) in [4.78, 5) is 17.1. The Kier molecular flexibility index (Phi) is 6.53. The molecule has 4 aromatic rings. The van der Waals surface area contributed by atoms with Crippen molar-refractivity contribution < 1.29 is 13.9 Å². The number of rotatable bonds is 6. The zero-order chi connectivity index (χ0) is 22.8. The van der Waals surface area contributed by atoms with Crippen molar-refractivity contribution >= 4 is 50.2 Å². The average molecular weight is 514 g/mol. The maximum atomic E-state index is 12.5. The van der Waals surface area contributed by atoms with Gasteiger partial charge in [0.2, 0.25) is 5.89 Å². The summed E-state index contributed by atoms with van der Waals surface area (Å²) >= 11 is 9.89. The molecule has 0 aliphatic rings. The Hall–Kier alpha value is -2.83. The second-order valence-electron chi connectivity index (χ2n) is 7.60. The second kappa shape index (κ2) is 9.35. The van der Waals surface area contributed by atoms with E-state index in [2.05, 4.69) is 33.2 Å².